The zero-order valence-electron chi connectivity index (χ0n) is 21.8. The number of anilines is 1. The van der Waals surface area contributed by atoms with Crippen LogP contribution in [0.2, 0.25) is 0 Å². The Hall–Kier alpha value is -4.79. The number of aliphatic hydroxyl groups is 1. The van der Waals surface area contributed by atoms with Crippen LogP contribution in [0.1, 0.15) is 34.7 Å². The third-order valence-corrected chi connectivity index (χ3v) is 7.20. The molecular weight excluding hydrogens is 498 g/mol. The maximum absolute atomic E-state index is 13.6. The number of ether oxygens (including phenoxy) is 3. The number of aromatic amines is 1. The van der Waals surface area contributed by atoms with Crippen LogP contribution in [0.5, 0.6) is 17.2 Å². The highest BCUT2D eigenvalue weighted by molar-refractivity contribution is 6.51. The number of benzene rings is 3. The van der Waals surface area contributed by atoms with E-state index in [-0.39, 0.29) is 17.3 Å². The molecule has 1 unspecified atom stereocenters. The SMILES string of the molecule is COc1ccc(C2/C(=C(\O)c3ccc4c(c3)CCCO4)C(=O)C(=O)N2c2nc3ccc(C)cc3[nH]2)cc1OC. The van der Waals surface area contributed by atoms with E-state index in [0.29, 0.717) is 34.7 Å². The van der Waals surface area contributed by atoms with Gasteiger partial charge in [-0.15, -0.1) is 0 Å². The summed E-state index contributed by atoms with van der Waals surface area (Å²) >= 11 is 0. The van der Waals surface area contributed by atoms with Crippen molar-refractivity contribution in [3.8, 4) is 17.2 Å². The van der Waals surface area contributed by atoms with Crippen LogP contribution in [0.4, 0.5) is 5.95 Å². The molecule has 2 aliphatic heterocycles. The minimum Gasteiger partial charge on any atom is -0.507 e. The summed E-state index contributed by atoms with van der Waals surface area (Å²) in [5.74, 6) is 0.00347. The van der Waals surface area contributed by atoms with Gasteiger partial charge in [-0.05, 0) is 78.9 Å². The number of rotatable bonds is 5. The maximum Gasteiger partial charge on any atom is 0.302 e. The lowest BCUT2D eigenvalue weighted by molar-refractivity contribution is -0.132. The number of hydrogen-bond donors (Lipinski definition) is 2. The van der Waals surface area contributed by atoms with Crippen LogP contribution < -0.4 is 19.1 Å². The lowest BCUT2D eigenvalue weighted by Gasteiger charge is -2.24. The van der Waals surface area contributed by atoms with Crippen molar-refractivity contribution >= 4 is 34.4 Å². The van der Waals surface area contributed by atoms with Crippen molar-refractivity contribution < 1.29 is 28.9 Å². The molecule has 3 aromatic carbocycles. The predicted molar refractivity (Wildman–Crippen MR) is 145 cm³/mol. The first-order valence-electron chi connectivity index (χ1n) is 12.6. The molecule has 1 fully saturated rings. The molecule has 2 aliphatic rings. The van der Waals surface area contributed by atoms with E-state index < -0.39 is 17.7 Å². The molecular formula is C30H27N3O6. The fourth-order valence-electron chi connectivity index (χ4n) is 5.28. The second-order valence-electron chi connectivity index (χ2n) is 9.64. The predicted octanol–water partition coefficient (Wildman–Crippen LogP) is 4.84. The van der Waals surface area contributed by atoms with Crippen LogP contribution in [-0.4, -0.2) is 47.6 Å². The number of aryl methyl sites for hydroxylation is 2. The number of methoxy groups -OCH3 is 2. The number of hydrogen-bond acceptors (Lipinski definition) is 7. The highest BCUT2D eigenvalue weighted by atomic mass is 16.5. The minimum absolute atomic E-state index is 0.0412. The normalized spacial score (nSPS) is 18.2. The Balaban J connectivity index is 1.56. The fourth-order valence-corrected chi connectivity index (χ4v) is 5.28. The highest BCUT2D eigenvalue weighted by Crippen LogP contribution is 2.44. The third kappa shape index (κ3) is 4.06. The van der Waals surface area contributed by atoms with Crippen molar-refractivity contribution in [3.05, 3.63) is 82.4 Å². The average Bonchev–Trinajstić information content (AvgIpc) is 3.49. The first-order chi connectivity index (χ1) is 18.9. The second-order valence-corrected chi connectivity index (χ2v) is 9.64. The Morgan fingerprint density at radius 1 is 1.05 bits per heavy atom. The van der Waals surface area contributed by atoms with E-state index in [9.17, 15) is 14.7 Å². The molecule has 0 aliphatic carbocycles. The Morgan fingerprint density at radius 2 is 1.87 bits per heavy atom. The number of H-pyrrole nitrogens is 1. The number of nitrogens with zero attached hydrogens (tertiary/aromatic N) is 2. The van der Waals surface area contributed by atoms with Crippen LogP contribution >= 0.6 is 0 Å². The quantitative estimate of drug-likeness (QED) is 0.218. The van der Waals surface area contributed by atoms with Crippen molar-refractivity contribution in [2.24, 2.45) is 0 Å². The van der Waals surface area contributed by atoms with Gasteiger partial charge < -0.3 is 24.3 Å². The average molecular weight is 526 g/mol. The largest absolute Gasteiger partial charge is 0.507 e. The summed E-state index contributed by atoms with van der Waals surface area (Å²) in [6, 6.07) is 15.2. The number of nitrogens with one attached hydrogen (secondary N) is 1. The Labute approximate surface area is 224 Å². The van der Waals surface area contributed by atoms with Crippen molar-refractivity contribution in [1.82, 2.24) is 9.97 Å². The number of carbonyl (C=O) groups excluding carboxylic acids is 2. The van der Waals surface area contributed by atoms with Gasteiger partial charge in [0.1, 0.15) is 11.5 Å². The topological polar surface area (TPSA) is 114 Å². The number of carbonyl (C=O) groups is 2. The summed E-state index contributed by atoms with van der Waals surface area (Å²) in [5.41, 5.74) is 4.28. The van der Waals surface area contributed by atoms with Crippen LogP contribution in [0.3, 0.4) is 0 Å². The monoisotopic (exact) mass is 525 g/mol. The standard InChI is InChI=1S/C30H27N3O6/c1-16-6-9-20-21(13-16)32-30(31-20)33-26(18-7-11-23(37-2)24(15-18)38-3)25(28(35)29(33)36)27(34)19-8-10-22-17(14-19)5-4-12-39-22/h6-11,13-15,26,34H,4-5,12H2,1-3H3,(H,31,32)/b27-25+. The zero-order valence-corrected chi connectivity index (χ0v) is 21.8. The van der Waals surface area contributed by atoms with Crippen molar-refractivity contribution in [3.63, 3.8) is 0 Å². The maximum atomic E-state index is 13.6. The molecule has 0 spiro atoms. The Morgan fingerprint density at radius 3 is 2.67 bits per heavy atom. The van der Waals surface area contributed by atoms with E-state index in [1.165, 1.54) is 19.1 Å². The van der Waals surface area contributed by atoms with E-state index in [1.54, 1.807) is 30.3 Å². The molecule has 9 nitrogen and oxygen atoms in total. The smallest absolute Gasteiger partial charge is 0.302 e. The first kappa shape index (κ1) is 24.5. The molecule has 4 aromatic rings. The summed E-state index contributed by atoms with van der Waals surface area (Å²) < 4.78 is 16.6. The molecule has 0 bridgehead atoms. The van der Waals surface area contributed by atoms with E-state index in [0.717, 1.165) is 35.2 Å². The fraction of sp³-hybridized carbons (Fsp3) is 0.233. The molecule has 1 aromatic heterocycles. The number of amides is 1. The van der Waals surface area contributed by atoms with Crippen LogP contribution in [0.25, 0.3) is 16.8 Å². The molecule has 39 heavy (non-hydrogen) atoms. The third-order valence-electron chi connectivity index (χ3n) is 7.20. The lowest BCUT2D eigenvalue weighted by Crippen LogP contribution is -2.30. The first-order valence-corrected chi connectivity index (χ1v) is 12.6. The van der Waals surface area contributed by atoms with Gasteiger partial charge in [0.05, 0.1) is 43.5 Å². The number of fused-ring (bicyclic) bond motifs is 2. The lowest BCUT2D eigenvalue weighted by atomic mass is 9.94. The summed E-state index contributed by atoms with van der Waals surface area (Å²) in [6.07, 6.45) is 1.65. The molecule has 6 rings (SSSR count). The molecule has 1 amide bonds. The van der Waals surface area contributed by atoms with Gasteiger partial charge in [0.25, 0.3) is 5.78 Å². The minimum atomic E-state index is -0.973. The second kappa shape index (κ2) is 9.50. The van der Waals surface area contributed by atoms with Gasteiger partial charge >= 0.3 is 5.91 Å². The van der Waals surface area contributed by atoms with Gasteiger partial charge in [-0.25, -0.2) is 4.98 Å². The van der Waals surface area contributed by atoms with Gasteiger partial charge in [-0.1, -0.05) is 12.1 Å². The number of Topliss-reactive ketones (excluding diaryl/α,β-unsaturated/α-hetero) is 1. The van der Waals surface area contributed by atoms with Crippen LogP contribution in [0, 0.1) is 6.92 Å². The zero-order chi connectivity index (χ0) is 27.3. The van der Waals surface area contributed by atoms with Gasteiger partial charge in [0, 0.05) is 5.56 Å². The molecule has 9 heteroatoms. The molecule has 3 heterocycles. The Kier molecular flexibility index (Phi) is 5.98. The van der Waals surface area contributed by atoms with Crippen molar-refractivity contribution in [2.75, 3.05) is 25.7 Å². The summed E-state index contributed by atoms with van der Waals surface area (Å²) in [5, 5.41) is 11.6. The molecule has 0 radical (unpaired) electrons. The number of ketones is 1. The van der Waals surface area contributed by atoms with Gasteiger partial charge in [0.2, 0.25) is 5.95 Å². The molecule has 1 atom stereocenters. The molecule has 1 saturated heterocycles. The van der Waals surface area contributed by atoms with Crippen molar-refractivity contribution in [2.45, 2.75) is 25.8 Å². The van der Waals surface area contributed by atoms with E-state index >= 15 is 0 Å². The summed E-state index contributed by atoms with van der Waals surface area (Å²) in [7, 11) is 3.04. The highest BCUT2D eigenvalue weighted by Gasteiger charge is 2.48. The van der Waals surface area contributed by atoms with E-state index in [1.807, 2.05) is 31.2 Å². The van der Waals surface area contributed by atoms with Gasteiger partial charge in [-0.3, -0.25) is 14.5 Å². The van der Waals surface area contributed by atoms with Crippen molar-refractivity contribution in [1.29, 1.82) is 0 Å². The van der Waals surface area contributed by atoms with E-state index in [4.69, 9.17) is 14.2 Å². The number of aliphatic hydroxyl groups excluding tert-OH is 1. The van der Waals surface area contributed by atoms with Crippen LogP contribution in [0.15, 0.2) is 60.2 Å². The molecule has 198 valence electrons. The summed E-state index contributed by atoms with van der Waals surface area (Å²) in [6.45, 7) is 2.60. The molecule has 0 saturated carbocycles. The Bertz CT molecular complexity index is 1670. The molecule has 2 N–H and O–H groups in total. The van der Waals surface area contributed by atoms with Gasteiger partial charge in [0.15, 0.2) is 11.5 Å². The van der Waals surface area contributed by atoms with Gasteiger partial charge in [-0.2, -0.15) is 0 Å². The summed E-state index contributed by atoms with van der Waals surface area (Å²) in [4.78, 5) is 36.3. The van der Waals surface area contributed by atoms with Crippen LogP contribution in [-0.2, 0) is 16.0 Å². The van der Waals surface area contributed by atoms with E-state index in [2.05, 4.69) is 9.97 Å². The number of aromatic nitrogens is 2. The number of imidazole rings is 1.